The van der Waals surface area contributed by atoms with Crippen LogP contribution in [0.5, 0.6) is 0 Å². The summed E-state index contributed by atoms with van der Waals surface area (Å²) >= 11 is 0. The molecule has 6 nitrogen and oxygen atoms in total. The molecule has 2 N–H and O–H groups in total. The highest BCUT2D eigenvalue weighted by atomic mass is 16.5. The third-order valence-corrected chi connectivity index (χ3v) is 1.41. The lowest BCUT2D eigenvalue weighted by Crippen LogP contribution is -2.44. The molecule has 6 heteroatoms. The number of nitrogens with one attached hydrogen (secondary N) is 1. The van der Waals surface area contributed by atoms with Crippen LogP contribution < -0.4 is 5.32 Å². The zero-order chi connectivity index (χ0) is 11.1. The SMILES string of the molecule is COC(=O)[C@H](CO)NC(=O)CC(C)=O. The molecule has 80 valence electrons. The Morgan fingerprint density at radius 1 is 1.43 bits per heavy atom. The Bertz CT molecular complexity index is 238. The van der Waals surface area contributed by atoms with Crippen LogP contribution in [0.1, 0.15) is 13.3 Å². The van der Waals surface area contributed by atoms with E-state index in [1.807, 2.05) is 0 Å². The number of amides is 1. The van der Waals surface area contributed by atoms with Gasteiger partial charge in [-0.3, -0.25) is 9.59 Å². The summed E-state index contributed by atoms with van der Waals surface area (Å²) in [7, 11) is 1.14. The number of carbonyl (C=O) groups is 3. The molecular weight excluding hydrogens is 190 g/mol. The van der Waals surface area contributed by atoms with Crippen LogP contribution in [0.3, 0.4) is 0 Å². The number of carbonyl (C=O) groups excluding carboxylic acids is 3. The van der Waals surface area contributed by atoms with E-state index in [1.165, 1.54) is 6.92 Å². The number of ether oxygens (including phenoxy) is 1. The van der Waals surface area contributed by atoms with E-state index in [1.54, 1.807) is 0 Å². The Labute approximate surface area is 81.2 Å². The molecule has 0 bridgehead atoms. The van der Waals surface area contributed by atoms with Crippen LogP contribution in [0.4, 0.5) is 0 Å². The first kappa shape index (κ1) is 12.6. The van der Waals surface area contributed by atoms with Gasteiger partial charge in [0.1, 0.15) is 5.78 Å². The van der Waals surface area contributed by atoms with Crippen LogP contribution >= 0.6 is 0 Å². The first-order chi connectivity index (χ1) is 6.51. The highest BCUT2D eigenvalue weighted by Gasteiger charge is 2.20. The Morgan fingerprint density at radius 2 is 2.00 bits per heavy atom. The van der Waals surface area contributed by atoms with Crippen molar-refractivity contribution in [1.29, 1.82) is 0 Å². The maximum absolute atomic E-state index is 11.0. The summed E-state index contributed by atoms with van der Waals surface area (Å²) < 4.78 is 4.31. The van der Waals surface area contributed by atoms with Crippen molar-refractivity contribution in [2.24, 2.45) is 0 Å². The number of hydrogen-bond donors (Lipinski definition) is 2. The van der Waals surface area contributed by atoms with E-state index in [2.05, 4.69) is 10.1 Å². The van der Waals surface area contributed by atoms with E-state index in [4.69, 9.17) is 5.11 Å². The van der Waals surface area contributed by atoms with Crippen LogP contribution in [0.15, 0.2) is 0 Å². The van der Waals surface area contributed by atoms with Crippen molar-refractivity contribution in [1.82, 2.24) is 5.32 Å². The molecule has 0 saturated carbocycles. The minimum absolute atomic E-state index is 0.312. The first-order valence-electron chi connectivity index (χ1n) is 3.98. The van der Waals surface area contributed by atoms with Crippen molar-refractivity contribution in [3.63, 3.8) is 0 Å². The molecule has 0 spiro atoms. The lowest BCUT2D eigenvalue weighted by molar-refractivity contribution is -0.146. The summed E-state index contributed by atoms with van der Waals surface area (Å²) in [4.78, 5) is 32.4. The van der Waals surface area contributed by atoms with E-state index >= 15 is 0 Å². The minimum atomic E-state index is -1.10. The lowest BCUT2D eigenvalue weighted by atomic mass is 10.2. The van der Waals surface area contributed by atoms with Gasteiger partial charge in [0, 0.05) is 0 Å². The van der Waals surface area contributed by atoms with E-state index in [0.29, 0.717) is 0 Å². The molecule has 0 saturated heterocycles. The summed E-state index contributed by atoms with van der Waals surface area (Å²) in [5.41, 5.74) is 0. The van der Waals surface area contributed by atoms with Crippen molar-refractivity contribution in [3.8, 4) is 0 Å². The minimum Gasteiger partial charge on any atom is -0.467 e. The van der Waals surface area contributed by atoms with Crippen LogP contribution in [0.25, 0.3) is 0 Å². The molecule has 0 heterocycles. The summed E-state index contributed by atoms with van der Waals surface area (Å²) in [5, 5.41) is 10.9. The summed E-state index contributed by atoms with van der Waals surface area (Å²) in [6.07, 6.45) is -0.312. The number of methoxy groups -OCH3 is 1. The fraction of sp³-hybridized carbons (Fsp3) is 0.625. The molecule has 0 aromatic carbocycles. The zero-order valence-corrected chi connectivity index (χ0v) is 8.07. The van der Waals surface area contributed by atoms with Gasteiger partial charge in [-0.25, -0.2) is 4.79 Å². The van der Waals surface area contributed by atoms with Gasteiger partial charge in [-0.1, -0.05) is 0 Å². The molecule has 0 aliphatic heterocycles. The van der Waals surface area contributed by atoms with Gasteiger partial charge in [0.25, 0.3) is 0 Å². The Kier molecular flexibility index (Phi) is 5.47. The van der Waals surface area contributed by atoms with E-state index in [9.17, 15) is 14.4 Å². The second kappa shape index (κ2) is 6.09. The average Bonchev–Trinajstić information content (AvgIpc) is 2.11. The highest BCUT2D eigenvalue weighted by molar-refractivity contribution is 5.98. The number of rotatable bonds is 5. The normalized spacial score (nSPS) is 11.6. The maximum Gasteiger partial charge on any atom is 0.330 e. The quantitative estimate of drug-likeness (QED) is 0.424. The number of esters is 1. The smallest absolute Gasteiger partial charge is 0.330 e. The molecule has 0 unspecified atom stereocenters. The standard InChI is InChI=1S/C8H13NO5/c1-5(11)3-7(12)9-6(4-10)8(13)14-2/h6,10H,3-4H2,1-2H3,(H,9,12)/t6-/m0/s1. The second-order valence-corrected chi connectivity index (χ2v) is 2.70. The average molecular weight is 203 g/mol. The number of ketones is 1. The summed E-state index contributed by atoms with van der Waals surface area (Å²) in [6, 6.07) is -1.10. The predicted molar refractivity (Wildman–Crippen MR) is 46.3 cm³/mol. The molecular formula is C8H13NO5. The Morgan fingerprint density at radius 3 is 2.36 bits per heavy atom. The van der Waals surface area contributed by atoms with Crippen molar-refractivity contribution < 1.29 is 24.2 Å². The topological polar surface area (TPSA) is 92.7 Å². The molecule has 0 aromatic heterocycles. The maximum atomic E-state index is 11.0. The molecule has 0 radical (unpaired) electrons. The van der Waals surface area contributed by atoms with Gasteiger partial charge in [-0.15, -0.1) is 0 Å². The lowest BCUT2D eigenvalue weighted by Gasteiger charge is -2.12. The van der Waals surface area contributed by atoms with Gasteiger partial charge in [-0.05, 0) is 6.92 Å². The third-order valence-electron chi connectivity index (χ3n) is 1.41. The fourth-order valence-electron chi connectivity index (χ4n) is 0.793. The van der Waals surface area contributed by atoms with Crippen molar-refractivity contribution in [2.75, 3.05) is 13.7 Å². The van der Waals surface area contributed by atoms with E-state index in [0.717, 1.165) is 7.11 Å². The van der Waals surface area contributed by atoms with Gasteiger partial charge in [0.15, 0.2) is 6.04 Å². The van der Waals surface area contributed by atoms with Gasteiger partial charge in [0.05, 0.1) is 20.1 Å². The summed E-state index contributed by atoms with van der Waals surface area (Å²) in [5.74, 6) is -1.67. The molecule has 0 aliphatic carbocycles. The monoisotopic (exact) mass is 203 g/mol. The predicted octanol–water partition coefficient (Wildman–Crippen LogP) is -1.38. The van der Waals surface area contributed by atoms with Crippen molar-refractivity contribution >= 4 is 17.7 Å². The fourth-order valence-corrected chi connectivity index (χ4v) is 0.793. The number of aliphatic hydroxyl groups is 1. The van der Waals surface area contributed by atoms with Crippen LogP contribution in [0, 0.1) is 0 Å². The summed E-state index contributed by atoms with van der Waals surface area (Å²) in [6.45, 7) is 0.696. The van der Waals surface area contributed by atoms with Crippen molar-refractivity contribution in [3.05, 3.63) is 0 Å². The first-order valence-corrected chi connectivity index (χ1v) is 3.98. The Balaban J connectivity index is 4.11. The highest BCUT2D eigenvalue weighted by Crippen LogP contribution is 1.89. The van der Waals surface area contributed by atoms with Gasteiger partial charge in [0.2, 0.25) is 5.91 Å². The molecule has 14 heavy (non-hydrogen) atoms. The van der Waals surface area contributed by atoms with Gasteiger partial charge in [-0.2, -0.15) is 0 Å². The number of hydrogen-bond acceptors (Lipinski definition) is 5. The van der Waals surface area contributed by atoms with Crippen LogP contribution in [-0.2, 0) is 19.1 Å². The molecule has 0 rings (SSSR count). The Hall–Kier alpha value is -1.43. The number of aliphatic hydroxyl groups excluding tert-OH is 1. The molecule has 0 fully saturated rings. The van der Waals surface area contributed by atoms with Gasteiger partial charge < -0.3 is 15.2 Å². The van der Waals surface area contributed by atoms with Crippen LogP contribution in [-0.4, -0.2) is 42.5 Å². The second-order valence-electron chi connectivity index (χ2n) is 2.70. The largest absolute Gasteiger partial charge is 0.467 e. The van der Waals surface area contributed by atoms with E-state index in [-0.39, 0.29) is 12.2 Å². The van der Waals surface area contributed by atoms with E-state index < -0.39 is 24.5 Å². The molecule has 1 atom stereocenters. The van der Waals surface area contributed by atoms with Crippen LogP contribution in [0.2, 0.25) is 0 Å². The zero-order valence-electron chi connectivity index (χ0n) is 8.07. The molecule has 0 aromatic rings. The van der Waals surface area contributed by atoms with Crippen molar-refractivity contribution in [2.45, 2.75) is 19.4 Å². The van der Waals surface area contributed by atoms with Gasteiger partial charge >= 0.3 is 5.97 Å². The molecule has 0 aliphatic rings. The third kappa shape index (κ3) is 4.56. The number of Topliss-reactive ketones (excluding diaryl/α,β-unsaturated/α-hetero) is 1. The molecule has 1 amide bonds.